The molecule has 5 aromatic rings. The van der Waals surface area contributed by atoms with Gasteiger partial charge in [-0.05, 0) is 50.3 Å². The summed E-state index contributed by atoms with van der Waals surface area (Å²) < 4.78 is 2.17. The van der Waals surface area contributed by atoms with Gasteiger partial charge in [0.15, 0.2) is 0 Å². The molecule has 3 heteroatoms. The first-order valence-corrected chi connectivity index (χ1v) is 10.3. The monoisotopic (exact) mass is 403 g/mol. The predicted octanol–water partition coefficient (Wildman–Crippen LogP) is 7.29. The van der Waals surface area contributed by atoms with E-state index in [2.05, 4.69) is 66.4 Å². The average Bonchev–Trinajstić information content (AvgIpc) is 3.20. The van der Waals surface area contributed by atoms with Gasteiger partial charge >= 0.3 is 0 Å². The van der Waals surface area contributed by atoms with E-state index in [9.17, 15) is 0 Å². The third-order valence-electron chi connectivity index (χ3n) is 5.06. The minimum absolute atomic E-state index is 0.961. The van der Waals surface area contributed by atoms with Crippen molar-refractivity contribution in [3.05, 3.63) is 115 Å². The minimum atomic E-state index is 0.961. The van der Waals surface area contributed by atoms with E-state index >= 15 is 0 Å². The molecule has 0 saturated heterocycles. The molecular formula is C28H25N3. The Morgan fingerprint density at radius 3 is 2.45 bits per heavy atom. The zero-order valence-corrected chi connectivity index (χ0v) is 17.9. The number of nitrogens with zero attached hydrogens (tertiary/aromatic N) is 3. The second-order valence-electron chi connectivity index (χ2n) is 7.37. The maximum Gasteiger partial charge on any atom is 0.145 e. The second kappa shape index (κ2) is 9.23. The van der Waals surface area contributed by atoms with Crippen molar-refractivity contribution >= 4 is 27.6 Å². The average molecular weight is 404 g/mol. The van der Waals surface area contributed by atoms with E-state index in [0.717, 1.165) is 33.6 Å². The summed E-state index contributed by atoms with van der Waals surface area (Å²) in [5.74, 6) is 0.961. The van der Waals surface area contributed by atoms with Crippen LogP contribution < -0.4 is 0 Å². The van der Waals surface area contributed by atoms with E-state index in [-0.39, 0.29) is 0 Å². The standard InChI is InChI=1S/C18H16N2.C10H9N/c1-3-9-14(2)20-17-13-8-7-12-16(17)19-18(20)15-10-5-4-6-11-15;1-8-4-5-10-9(7-8)3-2-6-11-10/h3-13H,1H2,2H3;2-7H,1H3/b14-9+;. The number of hydrogen-bond acceptors (Lipinski definition) is 2. The van der Waals surface area contributed by atoms with E-state index in [0.29, 0.717) is 0 Å². The number of fused-ring (bicyclic) bond motifs is 2. The first-order valence-electron chi connectivity index (χ1n) is 10.3. The van der Waals surface area contributed by atoms with Crippen LogP contribution in [0.1, 0.15) is 12.5 Å². The normalized spacial score (nSPS) is 11.2. The summed E-state index contributed by atoms with van der Waals surface area (Å²) in [5, 5.41) is 1.22. The Balaban J connectivity index is 0.000000177. The van der Waals surface area contributed by atoms with E-state index in [4.69, 9.17) is 4.98 Å². The van der Waals surface area contributed by atoms with E-state index in [1.54, 1.807) is 6.08 Å². The summed E-state index contributed by atoms with van der Waals surface area (Å²) in [6, 6.07) is 28.7. The molecule has 0 bridgehead atoms. The molecule has 0 aliphatic heterocycles. The fourth-order valence-corrected chi connectivity index (χ4v) is 3.60. The number of pyridine rings is 1. The van der Waals surface area contributed by atoms with Crippen molar-refractivity contribution in [3.63, 3.8) is 0 Å². The van der Waals surface area contributed by atoms with Gasteiger partial charge in [-0.3, -0.25) is 9.55 Å². The molecule has 2 aromatic heterocycles. The van der Waals surface area contributed by atoms with Crippen molar-refractivity contribution in [3.8, 4) is 11.4 Å². The van der Waals surface area contributed by atoms with Crippen molar-refractivity contribution in [2.45, 2.75) is 13.8 Å². The maximum atomic E-state index is 4.77. The quantitative estimate of drug-likeness (QED) is 0.296. The predicted molar refractivity (Wildman–Crippen MR) is 132 cm³/mol. The molecule has 0 saturated carbocycles. The SMILES string of the molecule is C=C/C=C(\C)n1c(-c2ccccc2)nc2ccccc21.Cc1ccc2ncccc2c1. The number of aromatic nitrogens is 3. The Morgan fingerprint density at radius 2 is 1.65 bits per heavy atom. The molecule has 0 unspecified atom stereocenters. The highest BCUT2D eigenvalue weighted by Crippen LogP contribution is 2.27. The van der Waals surface area contributed by atoms with Crippen molar-refractivity contribution in [2.24, 2.45) is 0 Å². The van der Waals surface area contributed by atoms with Crippen LogP contribution in [0.2, 0.25) is 0 Å². The number of hydrogen-bond donors (Lipinski definition) is 0. The van der Waals surface area contributed by atoms with E-state index in [1.165, 1.54) is 10.9 Å². The Kier molecular flexibility index (Phi) is 6.04. The van der Waals surface area contributed by atoms with Crippen molar-refractivity contribution < 1.29 is 0 Å². The van der Waals surface area contributed by atoms with Crippen LogP contribution in [0.15, 0.2) is 110 Å². The van der Waals surface area contributed by atoms with E-state index < -0.39 is 0 Å². The lowest BCUT2D eigenvalue weighted by atomic mass is 10.1. The molecule has 2 heterocycles. The molecule has 0 fully saturated rings. The largest absolute Gasteiger partial charge is 0.296 e. The molecular weight excluding hydrogens is 378 g/mol. The van der Waals surface area contributed by atoms with E-state index in [1.807, 2.05) is 60.8 Å². The highest BCUT2D eigenvalue weighted by atomic mass is 15.1. The lowest BCUT2D eigenvalue weighted by Gasteiger charge is -2.09. The molecule has 3 aromatic carbocycles. The van der Waals surface area contributed by atoms with Gasteiger partial charge in [0.05, 0.1) is 16.6 Å². The number of benzene rings is 3. The number of allylic oxidation sites excluding steroid dienone is 3. The second-order valence-corrected chi connectivity index (χ2v) is 7.37. The van der Waals surface area contributed by atoms with Crippen molar-refractivity contribution in [1.82, 2.24) is 14.5 Å². The molecule has 0 spiro atoms. The fraction of sp³-hybridized carbons (Fsp3) is 0.0714. The molecule has 152 valence electrons. The van der Waals surface area contributed by atoms with Gasteiger partial charge in [0.1, 0.15) is 5.82 Å². The smallest absolute Gasteiger partial charge is 0.145 e. The van der Waals surface area contributed by atoms with Gasteiger partial charge in [-0.15, -0.1) is 0 Å². The zero-order chi connectivity index (χ0) is 21.6. The molecule has 0 radical (unpaired) electrons. The van der Waals surface area contributed by atoms with Crippen LogP contribution in [0.3, 0.4) is 0 Å². The molecule has 3 nitrogen and oxygen atoms in total. The maximum absolute atomic E-state index is 4.77. The molecule has 0 amide bonds. The fourth-order valence-electron chi connectivity index (χ4n) is 3.60. The number of para-hydroxylation sites is 2. The van der Waals surface area contributed by atoms with Gasteiger partial charge in [-0.25, -0.2) is 4.98 Å². The van der Waals surface area contributed by atoms with Crippen LogP contribution in [0, 0.1) is 6.92 Å². The number of imidazole rings is 1. The highest BCUT2D eigenvalue weighted by molar-refractivity contribution is 5.85. The Hall–Kier alpha value is -3.98. The molecule has 0 N–H and O–H groups in total. The van der Waals surface area contributed by atoms with Crippen LogP contribution in [0.4, 0.5) is 0 Å². The lowest BCUT2D eigenvalue weighted by Crippen LogP contribution is -1.96. The van der Waals surface area contributed by atoms with Crippen LogP contribution in [0.5, 0.6) is 0 Å². The van der Waals surface area contributed by atoms with Crippen LogP contribution in [-0.2, 0) is 0 Å². The van der Waals surface area contributed by atoms with Gasteiger partial charge in [-0.2, -0.15) is 0 Å². The van der Waals surface area contributed by atoms with Crippen LogP contribution >= 0.6 is 0 Å². The van der Waals surface area contributed by atoms with Crippen molar-refractivity contribution in [2.75, 3.05) is 0 Å². The number of aryl methyl sites for hydroxylation is 1. The topological polar surface area (TPSA) is 30.7 Å². The van der Waals surface area contributed by atoms with Crippen molar-refractivity contribution in [1.29, 1.82) is 0 Å². The number of rotatable bonds is 3. The Labute approximate surface area is 183 Å². The minimum Gasteiger partial charge on any atom is -0.296 e. The molecule has 31 heavy (non-hydrogen) atoms. The van der Waals surface area contributed by atoms with Gasteiger partial charge in [0.25, 0.3) is 0 Å². The summed E-state index contributed by atoms with van der Waals surface area (Å²) in [7, 11) is 0. The van der Waals surface area contributed by atoms with Crippen LogP contribution in [0.25, 0.3) is 39.0 Å². The van der Waals surface area contributed by atoms with Crippen LogP contribution in [-0.4, -0.2) is 14.5 Å². The third kappa shape index (κ3) is 4.46. The molecule has 0 aliphatic carbocycles. The third-order valence-corrected chi connectivity index (χ3v) is 5.06. The first kappa shape index (κ1) is 20.3. The van der Waals surface area contributed by atoms with Gasteiger partial charge in [0, 0.05) is 22.8 Å². The highest BCUT2D eigenvalue weighted by Gasteiger charge is 2.12. The zero-order valence-electron chi connectivity index (χ0n) is 17.9. The Morgan fingerprint density at radius 1 is 0.871 bits per heavy atom. The Bertz CT molecular complexity index is 1360. The van der Waals surface area contributed by atoms with Gasteiger partial charge in [-0.1, -0.05) is 72.8 Å². The summed E-state index contributed by atoms with van der Waals surface area (Å²) in [5.41, 5.74) is 6.68. The van der Waals surface area contributed by atoms with Gasteiger partial charge < -0.3 is 0 Å². The first-order chi connectivity index (χ1) is 15.2. The summed E-state index contributed by atoms with van der Waals surface area (Å²) in [6.45, 7) is 7.94. The van der Waals surface area contributed by atoms with Gasteiger partial charge in [0.2, 0.25) is 0 Å². The summed E-state index contributed by atoms with van der Waals surface area (Å²) in [6.07, 6.45) is 5.62. The molecule has 0 aliphatic rings. The lowest BCUT2D eigenvalue weighted by molar-refractivity contribution is 1.12. The molecule has 0 atom stereocenters. The summed E-state index contributed by atoms with van der Waals surface area (Å²) >= 11 is 0. The summed E-state index contributed by atoms with van der Waals surface area (Å²) in [4.78, 5) is 9.00. The molecule has 5 rings (SSSR count).